The second-order valence-corrected chi connectivity index (χ2v) is 6.70. The number of hydrogen-bond donors (Lipinski definition) is 1. The molecule has 2 heterocycles. The maximum atomic E-state index is 8.95. The van der Waals surface area contributed by atoms with Gasteiger partial charge in [-0.3, -0.25) is 4.79 Å². The molecule has 0 bridgehead atoms. The zero-order valence-electron chi connectivity index (χ0n) is 15.3. The van der Waals surface area contributed by atoms with Crippen molar-refractivity contribution in [2.24, 2.45) is 0 Å². The van der Waals surface area contributed by atoms with Gasteiger partial charge in [0.1, 0.15) is 5.52 Å². The number of methoxy groups -OCH3 is 1. The third-order valence-corrected chi connectivity index (χ3v) is 4.96. The minimum absolute atomic E-state index is 0.375. The molecule has 1 aliphatic carbocycles. The first kappa shape index (κ1) is 18.5. The van der Waals surface area contributed by atoms with Gasteiger partial charge in [0.15, 0.2) is 11.5 Å². The van der Waals surface area contributed by atoms with Crippen molar-refractivity contribution in [3.63, 3.8) is 0 Å². The van der Waals surface area contributed by atoms with Crippen LogP contribution >= 0.6 is 0 Å². The van der Waals surface area contributed by atoms with Crippen LogP contribution in [0.1, 0.15) is 43.9 Å². The number of aromatic nitrogens is 1. The molecule has 1 aliphatic heterocycles. The third kappa shape index (κ3) is 4.27. The van der Waals surface area contributed by atoms with Crippen molar-refractivity contribution in [2.45, 2.75) is 38.0 Å². The molecule has 142 valence electrons. The number of carbonyl (C=O) groups excluding carboxylic acids is 1. The van der Waals surface area contributed by atoms with Crippen molar-refractivity contribution < 1.29 is 18.7 Å². The highest BCUT2D eigenvalue weighted by Crippen LogP contribution is 2.36. The number of rotatable bonds is 3. The van der Waals surface area contributed by atoms with E-state index in [0.717, 1.165) is 54.7 Å². The fraction of sp³-hybridized carbons (Fsp3) is 0.579. The number of nitrogens with zero attached hydrogens (tertiary/aromatic N) is 2. The molecule has 2 N–H and O–H groups in total. The molecular formula is C19H27N3O4. The van der Waals surface area contributed by atoms with E-state index >= 15 is 0 Å². The van der Waals surface area contributed by atoms with Crippen molar-refractivity contribution >= 4 is 28.9 Å². The van der Waals surface area contributed by atoms with Crippen LogP contribution in [0.2, 0.25) is 0 Å². The van der Waals surface area contributed by atoms with Crippen molar-refractivity contribution in [2.75, 3.05) is 44.0 Å². The van der Waals surface area contributed by atoms with E-state index in [0.29, 0.717) is 12.4 Å². The van der Waals surface area contributed by atoms with Crippen LogP contribution in [-0.4, -0.2) is 44.9 Å². The smallest absolute Gasteiger partial charge is 0.292 e. The zero-order chi connectivity index (χ0) is 18.4. The second-order valence-electron chi connectivity index (χ2n) is 6.70. The summed E-state index contributed by atoms with van der Waals surface area (Å²) in [5.41, 5.74) is 9.80. The maximum Gasteiger partial charge on any atom is 0.292 e. The van der Waals surface area contributed by atoms with E-state index in [2.05, 4.69) is 15.7 Å². The molecule has 0 spiro atoms. The summed E-state index contributed by atoms with van der Waals surface area (Å²) in [5, 5.41) is 0. The van der Waals surface area contributed by atoms with Gasteiger partial charge < -0.3 is 24.5 Å². The lowest BCUT2D eigenvalue weighted by atomic mass is 9.89. The standard InChI is InChI=1S/C17H23N3O2.C2H4O2/c18-13-10-16-14(11-15(13)20-6-8-21-9-7-20)19-17(22-16)12-4-2-1-3-5-12;1-4-2-3/h10-12H,1-9,18H2;2H,1H3. The van der Waals surface area contributed by atoms with Gasteiger partial charge >= 0.3 is 0 Å². The summed E-state index contributed by atoms with van der Waals surface area (Å²) in [7, 11) is 1.31. The van der Waals surface area contributed by atoms with Gasteiger partial charge in [-0.05, 0) is 18.9 Å². The molecule has 2 aromatic rings. The number of nitrogens with two attached hydrogens (primary N) is 1. The summed E-state index contributed by atoms with van der Waals surface area (Å²) in [6.07, 6.45) is 6.29. The average molecular weight is 361 g/mol. The normalized spacial score (nSPS) is 18.3. The Morgan fingerprint density at radius 2 is 1.92 bits per heavy atom. The Kier molecular flexibility index (Phi) is 6.33. The van der Waals surface area contributed by atoms with Crippen molar-refractivity contribution in [3.05, 3.63) is 18.0 Å². The third-order valence-electron chi connectivity index (χ3n) is 4.96. The number of fused-ring (bicyclic) bond motifs is 1. The fourth-order valence-electron chi connectivity index (χ4n) is 3.60. The summed E-state index contributed by atoms with van der Waals surface area (Å²) >= 11 is 0. The Bertz CT molecular complexity index is 719. The number of ether oxygens (including phenoxy) is 2. The minimum atomic E-state index is 0.375. The topological polar surface area (TPSA) is 90.8 Å². The predicted octanol–water partition coefficient (Wildman–Crippen LogP) is 3.08. The van der Waals surface area contributed by atoms with E-state index in [1.165, 1.54) is 39.2 Å². The van der Waals surface area contributed by atoms with E-state index < -0.39 is 0 Å². The molecule has 1 aromatic heterocycles. The van der Waals surface area contributed by atoms with E-state index in [1.807, 2.05) is 6.07 Å². The molecule has 0 radical (unpaired) electrons. The molecular weight excluding hydrogens is 334 g/mol. The lowest BCUT2D eigenvalue weighted by Gasteiger charge is -2.29. The quantitative estimate of drug-likeness (QED) is 0.663. The molecule has 2 aliphatic rings. The molecule has 1 saturated carbocycles. The number of carbonyl (C=O) groups is 1. The fourth-order valence-corrected chi connectivity index (χ4v) is 3.60. The summed E-state index contributed by atoms with van der Waals surface area (Å²) < 4.78 is 15.3. The molecule has 7 heteroatoms. The molecule has 0 amide bonds. The Hall–Kier alpha value is -2.28. The largest absolute Gasteiger partial charge is 0.471 e. The highest BCUT2D eigenvalue weighted by atomic mass is 16.5. The highest BCUT2D eigenvalue weighted by molar-refractivity contribution is 5.86. The zero-order valence-corrected chi connectivity index (χ0v) is 15.3. The van der Waals surface area contributed by atoms with E-state index in [4.69, 9.17) is 24.7 Å². The van der Waals surface area contributed by atoms with Gasteiger partial charge in [-0.15, -0.1) is 0 Å². The van der Waals surface area contributed by atoms with Crippen molar-refractivity contribution in [3.8, 4) is 0 Å². The number of hydrogen-bond acceptors (Lipinski definition) is 7. The molecule has 26 heavy (non-hydrogen) atoms. The van der Waals surface area contributed by atoms with Crippen LogP contribution < -0.4 is 10.6 Å². The Morgan fingerprint density at radius 1 is 1.23 bits per heavy atom. The second kappa shape index (κ2) is 8.89. The van der Waals surface area contributed by atoms with Crippen LogP contribution in [0.25, 0.3) is 11.1 Å². The Balaban J connectivity index is 0.000000447. The first-order valence-corrected chi connectivity index (χ1v) is 9.22. The summed E-state index contributed by atoms with van der Waals surface area (Å²) in [6.45, 7) is 3.64. The van der Waals surface area contributed by atoms with Crippen LogP contribution in [0.15, 0.2) is 16.5 Å². The molecule has 0 atom stereocenters. The molecule has 0 unspecified atom stereocenters. The van der Waals surface area contributed by atoms with Gasteiger partial charge in [0.05, 0.1) is 31.7 Å². The van der Waals surface area contributed by atoms with E-state index in [9.17, 15) is 0 Å². The number of nitrogen functional groups attached to an aromatic ring is 1. The lowest BCUT2D eigenvalue weighted by Crippen LogP contribution is -2.36. The molecule has 1 saturated heterocycles. The summed E-state index contributed by atoms with van der Waals surface area (Å²) in [6, 6.07) is 4.01. The molecule has 4 rings (SSSR count). The van der Waals surface area contributed by atoms with Gasteiger partial charge in [0.25, 0.3) is 6.47 Å². The Morgan fingerprint density at radius 3 is 2.58 bits per heavy atom. The lowest BCUT2D eigenvalue weighted by molar-refractivity contribution is -0.126. The molecule has 1 aromatic carbocycles. The van der Waals surface area contributed by atoms with Gasteiger partial charge in [0.2, 0.25) is 0 Å². The van der Waals surface area contributed by atoms with Gasteiger partial charge in [0, 0.05) is 25.1 Å². The summed E-state index contributed by atoms with van der Waals surface area (Å²) in [4.78, 5) is 16.0. The van der Waals surface area contributed by atoms with E-state index in [-0.39, 0.29) is 0 Å². The molecule has 7 nitrogen and oxygen atoms in total. The van der Waals surface area contributed by atoms with Crippen LogP contribution in [0.4, 0.5) is 11.4 Å². The monoisotopic (exact) mass is 361 g/mol. The summed E-state index contributed by atoms with van der Waals surface area (Å²) in [5.74, 6) is 1.38. The number of benzene rings is 1. The van der Waals surface area contributed by atoms with Crippen LogP contribution in [0, 0.1) is 0 Å². The van der Waals surface area contributed by atoms with Crippen molar-refractivity contribution in [1.82, 2.24) is 4.98 Å². The number of anilines is 2. The first-order chi connectivity index (χ1) is 12.7. The number of oxazole rings is 1. The first-order valence-electron chi connectivity index (χ1n) is 9.22. The van der Waals surface area contributed by atoms with Crippen molar-refractivity contribution in [1.29, 1.82) is 0 Å². The van der Waals surface area contributed by atoms with Crippen LogP contribution in [0.3, 0.4) is 0 Å². The minimum Gasteiger partial charge on any atom is -0.471 e. The van der Waals surface area contributed by atoms with Gasteiger partial charge in [-0.2, -0.15) is 0 Å². The van der Waals surface area contributed by atoms with E-state index in [1.54, 1.807) is 0 Å². The van der Waals surface area contributed by atoms with Gasteiger partial charge in [-0.25, -0.2) is 4.98 Å². The molecule has 2 fully saturated rings. The Labute approximate surface area is 153 Å². The van der Waals surface area contributed by atoms with Crippen LogP contribution in [0.5, 0.6) is 0 Å². The number of morpholine rings is 1. The predicted molar refractivity (Wildman–Crippen MR) is 100 cm³/mol. The average Bonchev–Trinajstić information content (AvgIpc) is 3.12. The highest BCUT2D eigenvalue weighted by Gasteiger charge is 2.22. The van der Waals surface area contributed by atoms with Gasteiger partial charge in [-0.1, -0.05) is 19.3 Å². The van der Waals surface area contributed by atoms with Crippen LogP contribution in [-0.2, 0) is 14.3 Å². The maximum absolute atomic E-state index is 8.95. The SMILES string of the molecule is COC=O.Nc1cc2oc(C3CCCCC3)nc2cc1N1CCOCC1.